The summed E-state index contributed by atoms with van der Waals surface area (Å²) in [6, 6.07) is 14.6. The number of nitrogens with one attached hydrogen (secondary N) is 1. The second kappa shape index (κ2) is 4.30. The molecule has 1 aliphatic rings. The number of hydrogen-bond donors (Lipinski definition) is 1. The summed E-state index contributed by atoms with van der Waals surface area (Å²) in [6.07, 6.45) is 2.43. The van der Waals surface area contributed by atoms with Gasteiger partial charge < -0.3 is 5.32 Å². The van der Waals surface area contributed by atoms with Crippen molar-refractivity contribution in [2.45, 2.75) is 18.9 Å². The molecule has 0 amide bonds. The van der Waals surface area contributed by atoms with Crippen molar-refractivity contribution >= 4 is 16.6 Å². The van der Waals surface area contributed by atoms with Crippen LogP contribution >= 0.6 is 0 Å². The van der Waals surface area contributed by atoms with Crippen molar-refractivity contribution < 1.29 is 4.79 Å². The molecule has 0 spiro atoms. The zero-order valence-corrected chi connectivity index (χ0v) is 9.65. The molecule has 2 aromatic rings. The number of Topliss-reactive ketones (excluding diaryl/α,β-unsaturated/α-hetero) is 1. The lowest BCUT2D eigenvalue weighted by atomic mass is 10.0. The summed E-state index contributed by atoms with van der Waals surface area (Å²) in [5.41, 5.74) is 0.803. The van der Waals surface area contributed by atoms with Crippen LogP contribution in [0.3, 0.4) is 0 Å². The number of hydrogen-bond acceptors (Lipinski definition) is 2. The number of carbonyl (C=O) groups is 1. The van der Waals surface area contributed by atoms with Crippen molar-refractivity contribution in [2.24, 2.45) is 0 Å². The van der Waals surface area contributed by atoms with Crippen LogP contribution in [-0.4, -0.2) is 18.4 Å². The van der Waals surface area contributed by atoms with Crippen LogP contribution in [-0.2, 0) is 0 Å². The highest BCUT2D eigenvalue weighted by atomic mass is 16.1. The fraction of sp³-hybridized carbons (Fsp3) is 0.267. The molecule has 2 nitrogen and oxygen atoms in total. The summed E-state index contributed by atoms with van der Waals surface area (Å²) in [6.45, 7) is 0.461. The molecule has 0 bridgehead atoms. The van der Waals surface area contributed by atoms with Crippen LogP contribution in [0.1, 0.15) is 23.2 Å². The highest BCUT2D eigenvalue weighted by Crippen LogP contribution is 2.19. The number of rotatable bonds is 4. The Labute approximate surface area is 101 Å². The van der Waals surface area contributed by atoms with Gasteiger partial charge in [0.05, 0.1) is 6.54 Å². The van der Waals surface area contributed by atoms with E-state index in [1.807, 2.05) is 36.4 Å². The van der Waals surface area contributed by atoms with Crippen LogP contribution in [0.15, 0.2) is 42.5 Å². The standard InChI is InChI=1S/C15H15NO/c17-15(10-16-14-7-8-14)13-6-5-11-3-1-2-4-12(11)9-13/h1-6,9,14,16H,7-8,10H2. The maximum atomic E-state index is 12.0. The van der Waals surface area contributed by atoms with Gasteiger partial charge in [0, 0.05) is 11.6 Å². The smallest absolute Gasteiger partial charge is 0.176 e. The van der Waals surface area contributed by atoms with Gasteiger partial charge in [-0.25, -0.2) is 0 Å². The minimum Gasteiger partial charge on any atom is -0.307 e. The number of fused-ring (bicyclic) bond motifs is 1. The van der Waals surface area contributed by atoms with Gasteiger partial charge in [-0.3, -0.25) is 4.79 Å². The lowest BCUT2D eigenvalue weighted by molar-refractivity contribution is 0.0990. The van der Waals surface area contributed by atoms with E-state index in [1.165, 1.54) is 18.2 Å². The fourth-order valence-electron chi connectivity index (χ4n) is 1.99. The topological polar surface area (TPSA) is 29.1 Å². The predicted octanol–water partition coefficient (Wildman–Crippen LogP) is 2.77. The summed E-state index contributed by atoms with van der Waals surface area (Å²) in [5.74, 6) is 0.183. The molecule has 0 aromatic heterocycles. The van der Waals surface area contributed by atoms with Gasteiger partial charge in [-0.05, 0) is 29.7 Å². The third-order valence-electron chi connectivity index (χ3n) is 3.20. The number of benzene rings is 2. The Morgan fingerprint density at radius 1 is 1.12 bits per heavy atom. The SMILES string of the molecule is O=C(CNC1CC1)c1ccc2ccccc2c1. The Morgan fingerprint density at radius 2 is 1.88 bits per heavy atom. The van der Waals surface area contributed by atoms with E-state index < -0.39 is 0 Å². The van der Waals surface area contributed by atoms with Crippen LogP contribution in [0.25, 0.3) is 10.8 Å². The van der Waals surface area contributed by atoms with Crippen molar-refractivity contribution in [1.82, 2.24) is 5.32 Å². The average Bonchev–Trinajstić information content (AvgIpc) is 3.19. The molecule has 1 N–H and O–H groups in total. The highest BCUT2D eigenvalue weighted by Gasteiger charge is 2.21. The van der Waals surface area contributed by atoms with Crippen molar-refractivity contribution in [3.63, 3.8) is 0 Å². The van der Waals surface area contributed by atoms with Gasteiger partial charge in [0.1, 0.15) is 0 Å². The monoisotopic (exact) mass is 225 g/mol. The molecule has 17 heavy (non-hydrogen) atoms. The van der Waals surface area contributed by atoms with Crippen LogP contribution < -0.4 is 5.32 Å². The highest BCUT2D eigenvalue weighted by molar-refractivity contribution is 6.01. The van der Waals surface area contributed by atoms with Crippen LogP contribution in [0, 0.1) is 0 Å². The number of ketones is 1. The zero-order chi connectivity index (χ0) is 11.7. The van der Waals surface area contributed by atoms with Gasteiger partial charge in [-0.2, -0.15) is 0 Å². The first-order valence-electron chi connectivity index (χ1n) is 6.08. The van der Waals surface area contributed by atoms with E-state index in [9.17, 15) is 4.79 Å². The summed E-state index contributed by atoms with van der Waals surface area (Å²) in [7, 11) is 0. The van der Waals surface area contributed by atoms with E-state index in [0.29, 0.717) is 12.6 Å². The molecule has 0 unspecified atom stereocenters. The van der Waals surface area contributed by atoms with E-state index in [1.54, 1.807) is 0 Å². The molecule has 0 radical (unpaired) electrons. The third kappa shape index (κ3) is 2.37. The molecule has 2 aromatic carbocycles. The molecule has 2 heteroatoms. The first-order chi connectivity index (χ1) is 8.33. The fourth-order valence-corrected chi connectivity index (χ4v) is 1.99. The Morgan fingerprint density at radius 3 is 2.65 bits per heavy atom. The van der Waals surface area contributed by atoms with Gasteiger partial charge in [-0.1, -0.05) is 36.4 Å². The van der Waals surface area contributed by atoms with E-state index in [0.717, 1.165) is 10.9 Å². The molecular weight excluding hydrogens is 210 g/mol. The zero-order valence-electron chi connectivity index (χ0n) is 9.65. The normalized spacial score (nSPS) is 15.1. The lowest BCUT2D eigenvalue weighted by Gasteiger charge is -2.04. The van der Waals surface area contributed by atoms with Crippen molar-refractivity contribution in [1.29, 1.82) is 0 Å². The van der Waals surface area contributed by atoms with Gasteiger partial charge in [0.15, 0.2) is 5.78 Å². The maximum Gasteiger partial charge on any atom is 0.176 e. The summed E-state index contributed by atoms with van der Waals surface area (Å²) in [5, 5.41) is 5.56. The van der Waals surface area contributed by atoms with Crippen molar-refractivity contribution in [2.75, 3.05) is 6.54 Å². The van der Waals surface area contributed by atoms with Crippen LogP contribution in [0.5, 0.6) is 0 Å². The molecule has 86 valence electrons. The Hall–Kier alpha value is -1.67. The van der Waals surface area contributed by atoms with Crippen LogP contribution in [0.2, 0.25) is 0 Å². The minimum atomic E-state index is 0.183. The lowest BCUT2D eigenvalue weighted by Crippen LogP contribution is -2.24. The molecule has 1 aliphatic carbocycles. The third-order valence-corrected chi connectivity index (χ3v) is 3.20. The van der Waals surface area contributed by atoms with E-state index in [2.05, 4.69) is 11.4 Å². The molecule has 0 heterocycles. The van der Waals surface area contributed by atoms with Gasteiger partial charge in [0.2, 0.25) is 0 Å². The molecule has 0 aliphatic heterocycles. The molecule has 1 saturated carbocycles. The number of carbonyl (C=O) groups excluding carboxylic acids is 1. The summed E-state index contributed by atoms with van der Waals surface area (Å²) < 4.78 is 0. The minimum absolute atomic E-state index is 0.183. The second-order valence-corrected chi connectivity index (χ2v) is 4.64. The maximum absolute atomic E-state index is 12.0. The Bertz CT molecular complexity index is 558. The van der Waals surface area contributed by atoms with Crippen molar-refractivity contribution in [3.8, 4) is 0 Å². The molecule has 1 fully saturated rings. The van der Waals surface area contributed by atoms with Crippen molar-refractivity contribution in [3.05, 3.63) is 48.0 Å². The summed E-state index contributed by atoms with van der Waals surface area (Å²) in [4.78, 5) is 12.0. The first-order valence-corrected chi connectivity index (χ1v) is 6.08. The predicted molar refractivity (Wildman–Crippen MR) is 69.3 cm³/mol. The average molecular weight is 225 g/mol. The Balaban J connectivity index is 1.81. The van der Waals surface area contributed by atoms with E-state index in [-0.39, 0.29) is 5.78 Å². The van der Waals surface area contributed by atoms with Gasteiger partial charge in [0.25, 0.3) is 0 Å². The van der Waals surface area contributed by atoms with Crippen LogP contribution in [0.4, 0.5) is 0 Å². The second-order valence-electron chi connectivity index (χ2n) is 4.64. The largest absolute Gasteiger partial charge is 0.307 e. The first kappa shape index (κ1) is 10.5. The molecule has 0 atom stereocenters. The molecular formula is C15H15NO. The molecule has 3 rings (SSSR count). The van der Waals surface area contributed by atoms with Gasteiger partial charge in [-0.15, -0.1) is 0 Å². The Kier molecular flexibility index (Phi) is 2.65. The van der Waals surface area contributed by atoms with E-state index in [4.69, 9.17) is 0 Å². The summed E-state index contributed by atoms with van der Waals surface area (Å²) >= 11 is 0. The molecule has 0 saturated heterocycles. The van der Waals surface area contributed by atoms with E-state index >= 15 is 0 Å². The quantitative estimate of drug-likeness (QED) is 0.811. The van der Waals surface area contributed by atoms with Gasteiger partial charge >= 0.3 is 0 Å².